The Morgan fingerprint density at radius 3 is 2.86 bits per heavy atom. The molecular formula is C15H20N2O4S. The number of hydrogen-bond donors (Lipinski definition) is 2. The number of nitrogens with zero attached hydrogens (tertiary/aromatic N) is 1. The zero-order valence-corrected chi connectivity index (χ0v) is 13.1. The van der Waals surface area contributed by atoms with E-state index in [1.807, 2.05) is 11.4 Å². The third-order valence-corrected chi connectivity index (χ3v) is 4.52. The summed E-state index contributed by atoms with van der Waals surface area (Å²) >= 11 is 1.37. The molecule has 0 spiro atoms. The van der Waals surface area contributed by atoms with Crippen LogP contribution in [0.25, 0.3) is 0 Å². The maximum Gasteiger partial charge on any atom is 0.303 e. The van der Waals surface area contributed by atoms with Crippen LogP contribution in [0, 0.1) is 0 Å². The summed E-state index contributed by atoms with van der Waals surface area (Å²) in [7, 11) is 0. The van der Waals surface area contributed by atoms with Gasteiger partial charge in [-0.1, -0.05) is 6.07 Å². The predicted molar refractivity (Wildman–Crippen MR) is 82.9 cm³/mol. The smallest absolute Gasteiger partial charge is 0.303 e. The zero-order chi connectivity index (χ0) is 15.9. The van der Waals surface area contributed by atoms with Crippen molar-refractivity contribution in [1.29, 1.82) is 0 Å². The Labute approximate surface area is 133 Å². The number of piperidine rings is 1. The first-order valence-corrected chi connectivity index (χ1v) is 8.31. The van der Waals surface area contributed by atoms with Gasteiger partial charge in [0.05, 0.1) is 4.88 Å². The predicted octanol–water partition coefficient (Wildman–Crippen LogP) is 1.72. The van der Waals surface area contributed by atoms with E-state index in [1.54, 1.807) is 11.0 Å². The lowest BCUT2D eigenvalue weighted by atomic mass is 10.0. The molecular weight excluding hydrogens is 304 g/mol. The number of rotatable bonds is 6. The summed E-state index contributed by atoms with van der Waals surface area (Å²) in [5.41, 5.74) is 0. The van der Waals surface area contributed by atoms with Crippen LogP contribution in [-0.2, 0) is 9.59 Å². The van der Waals surface area contributed by atoms with Crippen LogP contribution in [0.4, 0.5) is 0 Å². The van der Waals surface area contributed by atoms with E-state index in [9.17, 15) is 14.4 Å². The average molecular weight is 324 g/mol. The van der Waals surface area contributed by atoms with Crippen LogP contribution in [0.3, 0.4) is 0 Å². The second-order valence-electron chi connectivity index (χ2n) is 5.28. The van der Waals surface area contributed by atoms with Crippen molar-refractivity contribution in [3.8, 4) is 0 Å². The number of likely N-dealkylation sites (tertiary alicyclic amines) is 1. The molecule has 6 nitrogen and oxygen atoms in total. The van der Waals surface area contributed by atoms with E-state index in [1.165, 1.54) is 11.3 Å². The Kier molecular flexibility index (Phi) is 5.94. The molecule has 0 bridgehead atoms. The molecule has 2 amide bonds. The van der Waals surface area contributed by atoms with E-state index in [0.29, 0.717) is 30.8 Å². The molecule has 1 saturated heterocycles. The molecule has 2 N–H and O–H groups in total. The fourth-order valence-corrected chi connectivity index (χ4v) is 3.24. The number of aliphatic carboxylic acids is 1. The van der Waals surface area contributed by atoms with Gasteiger partial charge in [-0.3, -0.25) is 14.4 Å². The summed E-state index contributed by atoms with van der Waals surface area (Å²) in [5, 5.41) is 13.2. The SMILES string of the molecule is O=C(O)CCCNC(=O)C1CCCCN1C(=O)c1cccs1. The van der Waals surface area contributed by atoms with E-state index >= 15 is 0 Å². The Morgan fingerprint density at radius 1 is 1.36 bits per heavy atom. The van der Waals surface area contributed by atoms with Crippen molar-refractivity contribution in [3.63, 3.8) is 0 Å². The van der Waals surface area contributed by atoms with Gasteiger partial charge in [-0.25, -0.2) is 0 Å². The van der Waals surface area contributed by atoms with Crippen molar-refractivity contribution in [2.45, 2.75) is 38.1 Å². The van der Waals surface area contributed by atoms with E-state index in [2.05, 4.69) is 5.32 Å². The maximum absolute atomic E-state index is 12.5. The number of carboxylic acids is 1. The molecule has 0 aliphatic carbocycles. The fourth-order valence-electron chi connectivity index (χ4n) is 2.56. The molecule has 1 aliphatic rings. The molecule has 1 aromatic heterocycles. The van der Waals surface area contributed by atoms with Crippen LogP contribution in [0.15, 0.2) is 17.5 Å². The monoisotopic (exact) mass is 324 g/mol. The van der Waals surface area contributed by atoms with Gasteiger partial charge in [0.1, 0.15) is 6.04 Å². The van der Waals surface area contributed by atoms with E-state index in [-0.39, 0.29) is 18.2 Å². The van der Waals surface area contributed by atoms with Crippen molar-refractivity contribution in [2.75, 3.05) is 13.1 Å². The van der Waals surface area contributed by atoms with Crippen LogP contribution < -0.4 is 5.32 Å². The van der Waals surface area contributed by atoms with Crippen LogP contribution in [0.5, 0.6) is 0 Å². The summed E-state index contributed by atoms with van der Waals surface area (Å²) in [6.45, 7) is 0.909. The minimum atomic E-state index is -0.874. The molecule has 1 aromatic rings. The molecule has 2 heterocycles. The molecule has 120 valence electrons. The van der Waals surface area contributed by atoms with Gasteiger partial charge in [0, 0.05) is 19.5 Å². The first-order valence-electron chi connectivity index (χ1n) is 7.43. The summed E-state index contributed by atoms with van der Waals surface area (Å²) in [6, 6.07) is 3.14. The number of carbonyl (C=O) groups is 3. The minimum absolute atomic E-state index is 0.0305. The minimum Gasteiger partial charge on any atom is -0.481 e. The van der Waals surface area contributed by atoms with Gasteiger partial charge in [-0.15, -0.1) is 11.3 Å². The first kappa shape index (κ1) is 16.5. The molecule has 0 radical (unpaired) electrons. The highest BCUT2D eigenvalue weighted by molar-refractivity contribution is 7.12. The molecule has 0 aromatic carbocycles. The van der Waals surface area contributed by atoms with Gasteiger partial charge >= 0.3 is 5.97 Å². The van der Waals surface area contributed by atoms with E-state index in [4.69, 9.17) is 5.11 Å². The van der Waals surface area contributed by atoms with Crippen molar-refractivity contribution < 1.29 is 19.5 Å². The average Bonchev–Trinajstić information content (AvgIpc) is 3.05. The largest absolute Gasteiger partial charge is 0.481 e. The van der Waals surface area contributed by atoms with Crippen molar-refractivity contribution in [2.24, 2.45) is 0 Å². The van der Waals surface area contributed by atoms with Crippen LogP contribution in [-0.4, -0.2) is 46.9 Å². The number of amides is 2. The van der Waals surface area contributed by atoms with Gasteiger partial charge in [0.25, 0.3) is 5.91 Å². The zero-order valence-electron chi connectivity index (χ0n) is 12.3. The second-order valence-corrected chi connectivity index (χ2v) is 6.22. The Morgan fingerprint density at radius 2 is 2.18 bits per heavy atom. The summed E-state index contributed by atoms with van der Waals surface area (Å²) in [6.07, 6.45) is 2.90. The normalized spacial score (nSPS) is 18.0. The highest BCUT2D eigenvalue weighted by Gasteiger charge is 2.32. The summed E-state index contributed by atoms with van der Waals surface area (Å²) < 4.78 is 0. The quantitative estimate of drug-likeness (QED) is 0.780. The molecule has 22 heavy (non-hydrogen) atoms. The van der Waals surface area contributed by atoms with Crippen LogP contribution in [0.2, 0.25) is 0 Å². The molecule has 0 saturated carbocycles. The number of carbonyl (C=O) groups excluding carboxylic acids is 2. The molecule has 1 atom stereocenters. The number of carboxylic acid groups (broad SMARTS) is 1. The fraction of sp³-hybridized carbons (Fsp3) is 0.533. The number of hydrogen-bond acceptors (Lipinski definition) is 4. The van der Waals surface area contributed by atoms with Crippen molar-refractivity contribution in [1.82, 2.24) is 10.2 Å². The Balaban J connectivity index is 1.93. The molecule has 1 aliphatic heterocycles. The third kappa shape index (κ3) is 4.30. The third-order valence-electron chi connectivity index (χ3n) is 3.66. The molecule has 2 rings (SSSR count). The van der Waals surface area contributed by atoms with E-state index < -0.39 is 12.0 Å². The van der Waals surface area contributed by atoms with Crippen LogP contribution in [0.1, 0.15) is 41.8 Å². The van der Waals surface area contributed by atoms with Crippen molar-refractivity contribution >= 4 is 29.1 Å². The standard InChI is InChI=1S/C15H20N2O4S/c18-13(19)7-3-8-16-14(20)11-5-1-2-9-17(11)15(21)12-6-4-10-22-12/h4,6,10-11H,1-3,5,7-9H2,(H,16,20)(H,18,19). The van der Waals surface area contributed by atoms with Gasteiger partial charge in [0.15, 0.2) is 0 Å². The highest BCUT2D eigenvalue weighted by Crippen LogP contribution is 2.21. The van der Waals surface area contributed by atoms with Crippen LogP contribution >= 0.6 is 11.3 Å². The van der Waals surface area contributed by atoms with Gasteiger partial charge < -0.3 is 15.3 Å². The van der Waals surface area contributed by atoms with Gasteiger partial charge in [-0.2, -0.15) is 0 Å². The van der Waals surface area contributed by atoms with E-state index in [0.717, 1.165) is 12.8 Å². The summed E-state index contributed by atoms with van der Waals surface area (Å²) in [4.78, 5) is 37.5. The molecule has 7 heteroatoms. The first-order chi connectivity index (χ1) is 10.6. The lowest BCUT2D eigenvalue weighted by Gasteiger charge is -2.34. The lowest BCUT2D eigenvalue weighted by Crippen LogP contribution is -2.51. The number of thiophene rings is 1. The Bertz CT molecular complexity index is 530. The lowest BCUT2D eigenvalue weighted by molar-refractivity contribution is -0.137. The molecule has 1 fully saturated rings. The van der Waals surface area contributed by atoms with Gasteiger partial charge in [-0.05, 0) is 37.1 Å². The van der Waals surface area contributed by atoms with Gasteiger partial charge in [0.2, 0.25) is 5.91 Å². The molecule has 1 unspecified atom stereocenters. The second kappa shape index (κ2) is 7.93. The topological polar surface area (TPSA) is 86.7 Å². The van der Waals surface area contributed by atoms with Crippen molar-refractivity contribution in [3.05, 3.63) is 22.4 Å². The maximum atomic E-state index is 12.5. The number of nitrogens with one attached hydrogen (secondary N) is 1. The Hall–Kier alpha value is -1.89. The highest BCUT2D eigenvalue weighted by atomic mass is 32.1. The summed E-state index contributed by atoms with van der Waals surface area (Å²) in [5.74, 6) is -1.16.